The van der Waals surface area contributed by atoms with E-state index in [-0.39, 0.29) is 30.2 Å². The van der Waals surface area contributed by atoms with Crippen molar-refractivity contribution in [2.45, 2.75) is 52.6 Å². The van der Waals surface area contributed by atoms with Crippen molar-refractivity contribution in [3.63, 3.8) is 0 Å². The predicted molar refractivity (Wildman–Crippen MR) is 113 cm³/mol. The first kappa shape index (κ1) is 22.3. The van der Waals surface area contributed by atoms with Gasteiger partial charge < -0.3 is 9.64 Å². The molecule has 0 heterocycles. The quantitative estimate of drug-likeness (QED) is 0.376. The normalized spacial score (nSPS) is 12.0. The molecule has 0 aromatic heterocycles. The lowest BCUT2D eigenvalue weighted by Gasteiger charge is -2.30. The summed E-state index contributed by atoms with van der Waals surface area (Å²) < 4.78 is 5.39. The lowest BCUT2D eigenvalue weighted by molar-refractivity contribution is -0.129. The van der Waals surface area contributed by atoms with E-state index in [2.05, 4.69) is 0 Å². The molecule has 0 saturated carbocycles. The number of amides is 1. The summed E-state index contributed by atoms with van der Waals surface area (Å²) in [6, 6.07) is 15.7. The van der Waals surface area contributed by atoms with Crippen molar-refractivity contribution < 1.29 is 19.1 Å². The molecule has 2 aromatic carbocycles. The molecule has 0 bridgehead atoms. The summed E-state index contributed by atoms with van der Waals surface area (Å²) in [7, 11) is 0. The number of hydrogen-bond acceptors (Lipinski definition) is 4. The van der Waals surface area contributed by atoms with Crippen LogP contribution >= 0.6 is 0 Å². The van der Waals surface area contributed by atoms with E-state index >= 15 is 0 Å². The Morgan fingerprint density at radius 1 is 0.793 bits per heavy atom. The van der Waals surface area contributed by atoms with Gasteiger partial charge in [0.15, 0.2) is 0 Å². The van der Waals surface area contributed by atoms with E-state index in [1.54, 1.807) is 4.90 Å². The molecule has 0 saturated heterocycles. The number of ketones is 1. The highest BCUT2D eigenvalue weighted by Gasteiger charge is 2.27. The number of esters is 1. The van der Waals surface area contributed by atoms with Gasteiger partial charge in [-0.1, -0.05) is 37.3 Å². The molecule has 2 aromatic rings. The standard InChI is InChI=1S/C24H29NO4/c1-16(2)25(17(3)4)23(27)22(26)20-11-13-21(14-12-20)24(28)29-15-18(5)19-9-7-6-8-10-19/h6-14,16-18H,15H2,1-5H3/t18-/m0/s1. The van der Waals surface area contributed by atoms with E-state index in [4.69, 9.17) is 4.74 Å². The molecule has 5 nitrogen and oxygen atoms in total. The summed E-state index contributed by atoms with van der Waals surface area (Å²) in [5.74, 6) is -1.49. The van der Waals surface area contributed by atoms with Crippen LogP contribution in [0.2, 0.25) is 0 Å². The predicted octanol–water partition coefficient (Wildman–Crippen LogP) is 4.48. The van der Waals surface area contributed by atoms with Crippen molar-refractivity contribution >= 4 is 17.7 Å². The van der Waals surface area contributed by atoms with Crippen molar-refractivity contribution in [3.05, 3.63) is 71.3 Å². The first-order chi connectivity index (χ1) is 13.7. The molecule has 1 atom stereocenters. The van der Waals surface area contributed by atoms with E-state index in [0.717, 1.165) is 5.56 Å². The van der Waals surface area contributed by atoms with Gasteiger partial charge in [-0.3, -0.25) is 9.59 Å². The van der Waals surface area contributed by atoms with E-state index in [1.807, 2.05) is 65.0 Å². The molecule has 0 aliphatic heterocycles. The summed E-state index contributed by atoms with van der Waals surface area (Å²) in [5.41, 5.74) is 1.70. The fourth-order valence-electron chi connectivity index (χ4n) is 3.23. The Balaban J connectivity index is 2.01. The minimum atomic E-state index is -0.579. The molecular weight excluding hydrogens is 366 g/mol. The number of carbonyl (C=O) groups is 3. The Morgan fingerprint density at radius 2 is 1.31 bits per heavy atom. The third-order valence-corrected chi connectivity index (χ3v) is 4.76. The summed E-state index contributed by atoms with van der Waals surface area (Å²) in [6.45, 7) is 9.76. The zero-order valence-corrected chi connectivity index (χ0v) is 17.7. The Kier molecular flexibility index (Phi) is 7.71. The number of ether oxygens (including phenoxy) is 1. The Morgan fingerprint density at radius 3 is 1.83 bits per heavy atom. The van der Waals surface area contributed by atoms with E-state index < -0.39 is 17.7 Å². The van der Waals surface area contributed by atoms with Gasteiger partial charge in [0.05, 0.1) is 12.2 Å². The third-order valence-electron chi connectivity index (χ3n) is 4.76. The van der Waals surface area contributed by atoms with Gasteiger partial charge >= 0.3 is 5.97 Å². The van der Waals surface area contributed by atoms with Crippen LogP contribution in [-0.4, -0.2) is 41.3 Å². The van der Waals surface area contributed by atoms with Gasteiger partial charge in [-0.05, 0) is 57.5 Å². The SMILES string of the molecule is CC(C)N(C(=O)C(=O)c1ccc(C(=O)OC[C@H](C)c2ccccc2)cc1)C(C)C. The fourth-order valence-corrected chi connectivity index (χ4v) is 3.23. The van der Waals surface area contributed by atoms with Gasteiger partial charge in [0.25, 0.3) is 5.91 Å². The topological polar surface area (TPSA) is 63.7 Å². The van der Waals surface area contributed by atoms with Crippen LogP contribution in [0, 0.1) is 0 Å². The molecule has 5 heteroatoms. The lowest BCUT2D eigenvalue weighted by Crippen LogP contribution is -2.45. The lowest BCUT2D eigenvalue weighted by atomic mass is 10.0. The zero-order valence-electron chi connectivity index (χ0n) is 17.7. The molecule has 0 unspecified atom stereocenters. The molecule has 0 aliphatic carbocycles. The highest BCUT2D eigenvalue weighted by atomic mass is 16.5. The molecule has 29 heavy (non-hydrogen) atoms. The van der Waals surface area contributed by atoms with Gasteiger partial charge in [0.2, 0.25) is 5.78 Å². The fraction of sp³-hybridized carbons (Fsp3) is 0.375. The number of Topliss-reactive ketones (excluding diaryl/α,β-unsaturated/α-hetero) is 1. The second-order valence-electron chi connectivity index (χ2n) is 7.72. The molecule has 1 amide bonds. The van der Waals surface area contributed by atoms with Gasteiger partial charge in [0.1, 0.15) is 0 Å². The molecule has 0 aliphatic rings. The van der Waals surface area contributed by atoms with Crippen LogP contribution < -0.4 is 0 Å². The van der Waals surface area contributed by atoms with Crippen LogP contribution in [0.1, 0.15) is 66.8 Å². The minimum absolute atomic E-state index is 0.0766. The Labute approximate surface area is 172 Å². The summed E-state index contributed by atoms with van der Waals surface area (Å²) >= 11 is 0. The summed E-state index contributed by atoms with van der Waals surface area (Å²) in [4.78, 5) is 38.9. The van der Waals surface area contributed by atoms with Gasteiger partial charge in [0, 0.05) is 23.6 Å². The first-order valence-corrected chi connectivity index (χ1v) is 9.91. The van der Waals surface area contributed by atoms with E-state index in [1.165, 1.54) is 24.3 Å². The van der Waals surface area contributed by atoms with Crippen molar-refractivity contribution in [1.29, 1.82) is 0 Å². The van der Waals surface area contributed by atoms with Crippen molar-refractivity contribution in [2.75, 3.05) is 6.61 Å². The minimum Gasteiger partial charge on any atom is -0.461 e. The van der Waals surface area contributed by atoms with Crippen molar-refractivity contribution in [2.24, 2.45) is 0 Å². The van der Waals surface area contributed by atoms with Crippen LogP contribution in [0.4, 0.5) is 0 Å². The summed E-state index contributed by atoms with van der Waals surface area (Å²) in [5, 5.41) is 0. The number of nitrogens with zero attached hydrogens (tertiary/aromatic N) is 1. The Bertz CT molecular complexity index is 833. The van der Waals surface area contributed by atoms with Crippen LogP contribution in [-0.2, 0) is 9.53 Å². The van der Waals surface area contributed by atoms with Gasteiger partial charge in [-0.2, -0.15) is 0 Å². The van der Waals surface area contributed by atoms with E-state index in [9.17, 15) is 14.4 Å². The molecule has 154 valence electrons. The maximum Gasteiger partial charge on any atom is 0.338 e. The number of rotatable bonds is 8. The largest absolute Gasteiger partial charge is 0.461 e. The van der Waals surface area contributed by atoms with Gasteiger partial charge in [-0.25, -0.2) is 4.79 Å². The molecule has 0 spiro atoms. The maximum atomic E-state index is 12.5. The number of hydrogen-bond donors (Lipinski definition) is 0. The number of benzene rings is 2. The molecule has 0 N–H and O–H groups in total. The maximum absolute atomic E-state index is 12.5. The highest BCUT2D eigenvalue weighted by Crippen LogP contribution is 2.16. The zero-order chi connectivity index (χ0) is 21.6. The van der Waals surface area contributed by atoms with E-state index in [0.29, 0.717) is 5.56 Å². The van der Waals surface area contributed by atoms with Gasteiger partial charge in [-0.15, -0.1) is 0 Å². The molecule has 0 fully saturated rings. The average Bonchev–Trinajstić information content (AvgIpc) is 2.71. The number of carbonyl (C=O) groups excluding carboxylic acids is 3. The van der Waals surface area contributed by atoms with Crippen LogP contribution in [0.25, 0.3) is 0 Å². The second kappa shape index (κ2) is 10.0. The van der Waals surface area contributed by atoms with Crippen molar-refractivity contribution in [3.8, 4) is 0 Å². The van der Waals surface area contributed by atoms with Crippen molar-refractivity contribution in [1.82, 2.24) is 4.90 Å². The van der Waals surface area contributed by atoms with Crippen LogP contribution in [0.15, 0.2) is 54.6 Å². The molecule has 0 radical (unpaired) electrons. The molecular formula is C24H29NO4. The summed E-state index contributed by atoms with van der Waals surface area (Å²) in [6.07, 6.45) is 0. The average molecular weight is 395 g/mol. The monoisotopic (exact) mass is 395 g/mol. The molecule has 2 rings (SSSR count). The smallest absolute Gasteiger partial charge is 0.338 e. The highest BCUT2D eigenvalue weighted by molar-refractivity contribution is 6.42. The van der Waals surface area contributed by atoms with Crippen LogP contribution in [0.5, 0.6) is 0 Å². The Hall–Kier alpha value is -2.95. The third kappa shape index (κ3) is 5.76. The van der Waals surface area contributed by atoms with Crippen LogP contribution in [0.3, 0.4) is 0 Å². The first-order valence-electron chi connectivity index (χ1n) is 9.91. The second-order valence-corrected chi connectivity index (χ2v) is 7.72.